The molecule has 1 saturated heterocycles. The van der Waals surface area contributed by atoms with Crippen molar-refractivity contribution < 1.29 is 62.6 Å². The first kappa shape index (κ1) is 192. The van der Waals surface area contributed by atoms with Crippen molar-refractivity contribution >= 4 is 80.6 Å². The highest BCUT2D eigenvalue weighted by molar-refractivity contribution is 5.73. The van der Waals surface area contributed by atoms with Crippen molar-refractivity contribution in [1.29, 1.82) is 0 Å². The first-order chi connectivity index (χ1) is 44.3. The van der Waals surface area contributed by atoms with Gasteiger partial charge in [0.25, 0.3) is 0 Å². The van der Waals surface area contributed by atoms with E-state index in [9.17, 15) is 4.79 Å². The minimum Gasteiger partial charge on any atom is -0.394 e. The number of amides is 1. The highest BCUT2D eigenvalue weighted by atomic mass is 16.3. The minimum atomic E-state index is -0.167. The van der Waals surface area contributed by atoms with Gasteiger partial charge in [-0.25, -0.2) is 0 Å². The first-order valence-corrected chi connectivity index (χ1v) is 30.5. The van der Waals surface area contributed by atoms with Crippen molar-refractivity contribution in [2.75, 3.05) is 62.4 Å². The Morgan fingerprint density at radius 3 is 0.510 bits per heavy atom. The van der Waals surface area contributed by atoms with Gasteiger partial charge in [0.05, 0.1) is 0 Å². The van der Waals surface area contributed by atoms with E-state index in [0.717, 1.165) is 55.5 Å². The molecule has 1 amide bonds. The predicted molar refractivity (Wildman–Crippen MR) is 431 cm³/mol. The van der Waals surface area contributed by atoms with Crippen LogP contribution in [0.25, 0.3) is 0 Å². The lowest BCUT2D eigenvalue weighted by atomic mass is 10.1. The number of nitrogens with two attached hydrogens (primary N) is 7. The van der Waals surface area contributed by atoms with Crippen molar-refractivity contribution in [2.24, 2.45) is 69.7 Å². The number of benzene rings is 2. The van der Waals surface area contributed by atoms with E-state index in [1.165, 1.54) is 112 Å². The molecule has 1 aliphatic heterocycles. The van der Waals surface area contributed by atoms with Crippen LogP contribution in [0, 0.1) is 29.6 Å². The maximum Gasteiger partial charge on any atom is 0.219 e. The number of nitrogens with zero attached hydrogens (tertiary/aromatic N) is 1. The van der Waals surface area contributed by atoms with Gasteiger partial charge in [-0.2, -0.15) is 0 Å². The number of aliphatic hydroxyl groups is 1. The number of carbonyl (C=O) groups is 12. The fraction of sp³-hybridized carbons (Fsp3) is 0.662. The van der Waals surface area contributed by atoms with Crippen molar-refractivity contribution in [3.05, 3.63) is 71.8 Å². The lowest BCUT2D eigenvalue weighted by Gasteiger charge is -2.24. The molecule has 25 heteroatoms. The second-order valence-electron chi connectivity index (χ2n) is 16.3. The summed E-state index contributed by atoms with van der Waals surface area (Å²) in [4.78, 5) is 101. The smallest absolute Gasteiger partial charge is 0.219 e. The van der Waals surface area contributed by atoms with E-state index in [1.54, 1.807) is 20.8 Å². The lowest BCUT2D eigenvalue weighted by molar-refractivity contribution is -0.129. The number of piperidine rings is 1. The average Bonchev–Trinajstić information content (AvgIpc) is 3.67. The normalized spacial score (nSPS) is 7.22. The number of hydrogen-bond acceptors (Lipinski definition) is 24. The second kappa shape index (κ2) is 326. The third-order valence-electron chi connectivity index (χ3n) is 8.39. The highest BCUT2D eigenvalue weighted by Gasteiger charge is 2.11. The molecule has 598 valence electrons. The Morgan fingerprint density at radius 1 is 0.333 bits per heavy atom. The lowest BCUT2D eigenvalue weighted by Crippen LogP contribution is -2.33. The van der Waals surface area contributed by atoms with E-state index < -0.39 is 0 Å². The SMILES string of the molecule is C=O.C=O.C=O.C=O.C=O.C=O.C=O.C=O.C=O.C=O.C=O.CC.CC(=O)N1CCCCC1.CC(C)O.CCC(C)C.CCC(C)C.CCC(C)C.CCC(C)C.CCC(C)C.CCc1ccccc1.CCc1ccccc1.CN.CN.CN.CN.CN.CN.CN.N.N.N.N. The number of rotatable bonds is 7. The molecule has 3 rings (SSSR count). The quantitative estimate of drug-likeness (QED) is 0.122. The van der Waals surface area contributed by atoms with Gasteiger partial charge in [0.15, 0.2) is 0 Å². The van der Waals surface area contributed by atoms with Gasteiger partial charge in [0, 0.05) is 26.1 Å². The maximum absolute atomic E-state index is 10.7. The molecular formula is C71H176N12O13. The summed E-state index contributed by atoms with van der Waals surface area (Å²) >= 11 is 0. The molecule has 2 aromatic rings. The van der Waals surface area contributed by atoms with Crippen LogP contribution in [-0.2, 0) is 70.4 Å². The van der Waals surface area contributed by atoms with Gasteiger partial charge in [-0.05, 0) is 136 Å². The molecule has 0 aromatic heterocycles. The van der Waals surface area contributed by atoms with Crippen LogP contribution in [0.2, 0.25) is 0 Å². The number of aliphatic hydroxyl groups excluding tert-OH is 1. The maximum atomic E-state index is 10.7. The van der Waals surface area contributed by atoms with Crippen LogP contribution in [0.1, 0.15) is 215 Å². The third-order valence-corrected chi connectivity index (χ3v) is 8.39. The largest absolute Gasteiger partial charge is 0.394 e. The Hall–Kier alpha value is -6.20. The van der Waals surface area contributed by atoms with Crippen molar-refractivity contribution in [2.45, 2.75) is 223 Å². The zero-order valence-corrected chi connectivity index (χ0v) is 68.7. The third kappa shape index (κ3) is 516. The van der Waals surface area contributed by atoms with Crippen LogP contribution in [0.4, 0.5) is 0 Å². The Kier molecular flexibility index (Phi) is 651. The van der Waals surface area contributed by atoms with E-state index in [0.29, 0.717) is 0 Å². The first-order valence-electron chi connectivity index (χ1n) is 30.5. The molecule has 1 fully saturated rings. The van der Waals surface area contributed by atoms with Gasteiger partial charge >= 0.3 is 0 Å². The van der Waals surface area contributed by atoms with Crippen molar-refractivity contribution in [1.82, 2.24) is 29.5 Å². The fourth-order valence-corrected chi connectivity index (χ4v) is 2.64. The molecule has 0 radical (unpaired) electrons. The molecule has 96 heavy (non-hydrogen) atoms. The number of aryl methyl sites for hydroxylation is 2. The number of carbonyl (C=O) groups excluding carboxylic acids is 12. The molecule has 2 aromatic carbocycles. The van der Waals surface area contributed by atoms with E-state index in [2.05, 4.69) is 206 Å². The zero-order chi connectivity index (χ0) is 81.3. The summed E-state index contributed by atoms with van der Waals surface area (Å²) in [6.45, 7) is 70.6. The van der Waals surface area contributed by atoms with Gasteiger partial charge in [0.2, 0.25) is 5.91 Å². The summed E-state index contributed by atoms with van der Waals surface area (Å²) in [5.74, 6) is 4.65. The standard InChI is InChI=1S/2C8H10.C7H13NO.5C5H12.C3H8O.C2H6.7CH5N.11CH2O.4H3N/c2*1-2-8-6-4-3-5-7-8;1-7(9)8-5-3-2-4-6-8;5*1-4-5(2)3;1-3(2)4;19*1-2;;;;/h2*3-7H,2H2,1H3;2-6H2,1H3;5*5H,4H2,1-3H3;3-4H,1-2H3;1-2H3;7*2H2,1H3;11*1H2;4*1H3. The number of likely N-dealkylation sites (tertiary alicyclic amines) is 1. The van der Waals surface area contributed by atoms with E-state index in [4.69, 9.17) is 57.8 Å². The molecule has 0 spiro atoms. The van der Waals surface area contributed by atoms with Gasteiger partial charge in [0.1, 0.15) is 74.7 Å². The molecule has 0 atom stereocenters. The molecule has 0 bridgehead atoms. The monoisotopic (exact) mass is 1410 g/mol. The van der Waals surface area contributed by atoms with Crippen molar-refractivity contribution in [3.63, 3.8) is 0 Å². The highest BCUT2D eigenvalue weighted by Crippen LogP contribution is 2.07. The Bertz CT molecular complexity index is 1030. The molecule has 0 aliphatic carbocycles. The molecule has 1 aliphatic rings. The second-order valence-corrected chi connectivity index (χ2v) is 16.3. The summed E-state index contributed by atoms with van der Waals surface area (Å²) in [6, 6.07) is 20.9. The topological polar surface area (TPSA) is 550 Å². The van der Waals surface area contributed by atoms with Crippen LogP contribution in [0.3, 0.4) is 0 Å². The van der Waals surface area contributed by atoms with Gasteiger partial charge in [-0.15, -0.1) is 0 Å². The van der Waals surface area contributed by atoms with Crippen LogP contribution in [0.5, 0.6) is 0 Å². The summed E-state index contributed by atoms with van der Waals surface area (Å²) < 4.78 is 0. The minimum absolute atomic E-state index is 0. The Balaban J connectivity index is -0.0000000184. The fourth-order valence-electron chi connectivity index (χ4n) is 2.64. The molecule has 0 saturated carbocycles. The molecule has 0 unspecified atom stereocenters. The molecule has 25 nitrogen and oxygen atoms in total. The molecule has 1 heterocycles. The van der Waals surface area contributed by atoms with Crippen LogP contribution in [-0.4, -0.2) is 159 Å². The summed E-state index contributed by atoms with van der Waals surface area (Å²) in [6.07, 6.45) is 12.3. The van der Waals surface area contributed by atoms with Gasteiger partial charge in [-0.1, -0.05) is 224 Å². The Morgan fingerprint density at radius 2 is 0.448 bits per heavy atom. The molecule has 27 N–H and O–H groups in total. The number of hydrogen-bond donors (Lipinski definition) is 12. The predicted octanol–water partition coefficient (Wildman–Crippen LogP) is 12.8. The molecular weight excluding hydrogens is 1230 g/mol. The van der Waals surface area contributed by atoms with Crippen LogP contribution >= 0.6 is 0 Å². The summed E-state index contributed by atoms with van der Waals surface area (Å²) in [7, 11) is 10.5. The summed E-state index contributed by atoms with van der Waals surface area (Å²) in [5, 5.41) is 8.06. The van der Waals surface area contributed by atoms with Crippen LogP contribution in [0.15, 0.2) is 60.7 Å². The van der Waals surface area contributed by atoms with Crippen LogP contribution < -0.4 is 64.7 Å². The van der Waals surface area contributed by atoms with Gasteiger partial charge < -0.3 is 127 Å². The van der Waals surface area contributed by atoms with Crippen molar-refractivity contribution in [3.8, 4) is 0 Å². The van der Waals surface area contributed by atoms with E-state index >= 15 is 0 Å². The van der Waals surface area contributed by atoms with E-state index in [-0.39, 0.29) is 36.6 Å². The van der Waals surface area contributed by atoms with E-state index in [1.807, 2.05) is 106 Å². The Labute approximate surface area is 597 Å². The average molecular weight is 1410 g/mol. The summed E-state index contributed by atoms with van der Waals surface area (Å²) in [5.41, 5.74) is 34.3. The zero-order valence-electron chi connectivity index (χ0n) is 68.7. The van der Waals surface area contributed by atoms with Gasteiger partial charge in [-0.3, -0.25) is 4.79 Å².